The predicted molar refractivity (Wildman–Crippen MR) is 127 cm³/mol. The molecule has 1 aliphatic heterocycles. The fraction of sp³-hybridized carbons (Fsp3) is 0.667. The first kappa shape index (κ1) is 23.0. The molecule has 32 heavy (non-hydrogen) atoms. The lowest BCUT2D eigenvalue weighted by atomic mass is 9.72. The van der Waals surface area contributed by atoms with E-state index in [2.05, 4.69) is 40.7 Å². The maximum Gasteiger partial charge on any atom is 0.290 e. The zero-order valence-electron chi connectivity index (χ0n) is 20.8. The van der Waals surface area contributed by atoms with Gasteiger partial charge in [0.15, 0.2) is 11.3 Å². The van der Waals surface area contributed by atoms with Crippen molar-refractivity contribution in [1.29, 1.82) is 0 Å². The van der Waals surface area contributed by atoms with Crippen LogP contribution in [-0.2, 0) is 10.2 Å². The molecule has 1 amide bonds. The average Bonchev–Trinajstić information content (AvgIpc) is 3.09. The highest BCUT2D eigenvalue weighted by Crippen LogP contribution is 2.43. The van der Waals surface area contributed by atoms with Crippen LogP contribution in [0.2, 0.25) is 0 Å². The van der Waals surface area contributed by atoms with Gasteiger partial charge in [0.1, 0.15) is 11.3 Å². The zero-order valence-corrected chi connectivity index (χ0v) is 20.8. The van der Waals surface area contributed by atoms with Crippen molar-refractivity contribution in [3.05, 3.63) is 29.2 Å². The second-order valence-corrected chi connectivity index (χ2v) is 12.3. The number of pyridine rings is 1. The van der Waals surface area contributed by atoms with Crippen molar-refractivity contribution in [2.24, 2.45) is 5.41 Å². The number of carbonyl (C=O) groups excluding carboxylic acids is 2. The Hall–Kier alpha value is -2.17. The standard InChI is InChI=1S/C27H38N2O3/c1-25(2,3)19-14-20(17-8-11-26(4,5)12-9-17)28-21-15-22(32-23(19)21)24(31)29-13-10-18(30)16-27(29,6)7/h14-15,17H,8-13,16H2,1-7H3. The number of piperidine rings is 1. The maximum atomic E-state index is 13.4. The third-order valence-corrected chi connectivity index (χ3v) is 7.49. The Kier molecular flexibility index (Phi) is 5.54. The molecule has 0 bridgehead atoms. The van der Waals surface area contributed by atoms with E-state index in [4.69, 9.17) is 9.40 Å². The Morgan fingerprint density at radius 2 is 1.78 bits per heavy atom. The van der Waals surface area contributed by atoms with Crippen LogP contribution in [0.5, 0.6) is 0 Å². The molecule has 5 heteroatoms. The molecule has 2 fully saturated rings. The number of aromatic nitrogens is 1. The van der Waals surface area contributed by atoms with Gasteiger partial charge in [0.2, 0.25) is 0 Å². The summed E-state index contributed by atoms with van der Waals surface area (Å²) in [6.45, 7) is 15.6. The van der Waals surface area contributed by atoms with Crippen molar-refractivity contribution in [3.63, 3.8) is 0 Å². The molecule has 2 aliphatic rings. The maximum absolute atomic E-state index is 13.4. The average molecular weight is 439 g/mol. The van der Waals surface area contributed by atoms with Gasteiger partial charge in [0, 0.05) is 48.2 Å². The van der Waals surface area contributed by atoms with Crippen molar-refractivity contribution >= 4 is 22.8 Å². The quantitative estimate of drug-likeness (QED) is 0.545. The van der Waals surface area contributed by atoms with Gasteiger partial charge in [-0.3, -0.25) is 9.59 Å². The number of carbonyl (C=O) groups is 2. The number of furan rings is 1. The molecular formula is C27H38N2O3. The van der Waals surface area contributed by atoms with Crippen LogP contribution in [0.25, 0.3) is 11.1 Å². The first-order chi connectivity index (χ1) is 14.8. The monoisotopic (exact) mass is 438 g/mol. The van der Waals surface area contributed by atoms with Gasteiger partial charge >= 0.3 is 0 Å². The summed E-state index contributed by atoms with van der Waals surface area (Å²) in [5.41, 5.74) is 3.49. The summed E-state index contributed by atoms with van der Waals surface area (Å²) in [5, 5.41) is 0. The molecule has 0 atom stereocenters. The molecule has 1 saturated heterocycles. The number of nitrogens with zero attached hydrogens (tertiary/aromatic N) is 2. The highest BCUT2D eigenvalue weighted by atomic mass is 16.3. The molecule has 1 saturated carbocycles. The van der Waals surface area contributed by atoms with E-state index in [1.165, 1.54) is 12.8 Å². The van der Waals surface area contributed by atoms with Crippen LogP contribution in [0.3, 0.4) is 0 Å². The molecule has 0 aromatic carbocycles. The molecular weight excluding hydrogens is 400 g/mol. The second kappa shape index (κ2) is 7.71. The minimum atomic E-state index is -0.508. The van der Waals surface area contributed by atoms with Crippen molar-refractivity contribution in [2.75, 3.05) is 6.54 Å². The van der Waals surface area contributed by atoms with Crippen molar-refractivity contribution in [2.45, 2.75) is 104 Å². The Bertz CT molecular complexity index is 1040. The molecule has 0 N–H and O–H groups in total. The number of hydrogen-bond donors (Lipinski definition) is 0. The number of hydrogen-bond acceptors (Lipinski definition) is 4. The number of rotatable bonds is 2. The number of likely N-dealkylation sites (tertiary alicyclic amines) is 1. The van der Waals surface area contributed by atoms with E-state index in [0.717, 1.165) is 29.6 Å². The summed E-state index contributed by atoms with van der Waals surface area (Å²) in [4.78, 5) is 32.1. The zero-order chi connectivity index (χ0) is 23.5. The van der Waals surface area contributed by atoms with Crippen molar-refractivity contribution < 1.29 is 14.0 Å². The Labute approximate surface area is 191 Å². The van der Waals surface area contributed by atoms with Gasteiger partial charge in [-0.25, -0.2) is 4.98 Å². The largest absolute Gasteiger partial charge is 0.449 e. The van der Waals surface area contributed by atoms with E-state index in [1.54, 1.807) is 4.90 Å². The summed E-state index contributed by atoms with van der Waals surface area (Å²) < 4.78 is 6.20. The summed E-state index contributed by atoms with van der Waals surface area (Å²) in [6.07, 6.45) is 5.50. The van der Waals surface area contributed by atoms with E-state index >= 15 is 0 Å². The summed E-state index contributed by atoms with van der Waals surface area (Å²) in [5.74, 6) is 0.832. The van der Waals surface area contributed by atoms with E-state index in [-0.39, 0.29) is 17.1 Å². The minimum Gasteiger partial charge on any atom is -0.449 e. The van der Waals surface area contributed by atoms with Crippen LogP contribution in [0, 0.1) is 5.41 Å². The smallest absolute Gasteiger partial charge is 0.290 e. The molecule has 3 heterocycles. The summed E-state index contributed by atoms with van der Waals surface area (Å²) in [7, 11) is 0. The van der Waals surface area contributed by atoms with Crippen molar-refractivity contribution in [1.82, 2.24) is 9.88 Å². The summed E-state index contributed by atoms with van der Waals surface area (Å²) >= 11 is 0. The highest BCUT2D eigenvalue weighted by molar-refractivity contribution is 5.97. The van der Waals surface area contributed by atoms with Crippen LogP contribution in [0.1, 0.15) is 115 Å². The lowest BCUT2D eigenvalue weighted by molar-refractivity contribution is -0.124. The molecule has 4 rings (SSSR count). The molecule has 0 unspecified atom stereocenters. The van der Waals surface area contributed by atoms with Gasteiger partial charge in [-0.15, -0.1) is 0 Å². The van der Waals surface area contributed by atoms with Gasteiger partial charge < -0.3 is 9.32 Å². The van der Waals surface area contributed by atoms with E-state index in [1.807, 2.05) is 19.9 Å². The number of amides is 1. The van der Waals surface area contributed by atoms with E-state index < -0.39 is 5.54 Å². The molecule has 0 radical (unpaired) electrons. The number of fused-ring (bicyclic) bond motifs is 1. The van der Waals surface area contributed by atoms with Crippen LogP contribution >= 0.6 is 0 Å². The van der Waals surface area contributed by atoms with Crippen LogP contribution in [-0.4, -0.2) is 33.7 Å². The van der Waals surface area contributed by atoms with Gasteiger partial charge in [0.05, 0.1) is 0 Å². The predicted octanol–water partition coefficient (Wildman–Crippen LogP) is 6.39. The first-order valence-corrected chi connectivity index (χ1v) is 12.1. The van der Waals surface area contributed by atoms with Gasteiger partial charge in [-0.1, -0.05) is 34.6 Å². The molecule has 5 nitrogen and oxygen atoms in total. The lowest BCUT2D eigenvalue weighted by Crippen LogP contribution is -2.53. The Balaban J connectivity index is 1.73. The van der Waals surface area contributed by atoms with Crippen LogP contribution < -0.4 is 0 Å². The first-order valence-electron chi connectivity index (χ1n) is 12.1. The van der Waals surface area contributed by atoms with Gasteiger partial charge in [-0.05, 0) is 56.4 Å². The topological polar surface area (TPSA) is 63.4 Å². The fourth-order valence-electron chi connectivity index (χ4n) is 5.32. The van der Waals surface area contributed by atoms with E-state index in [0.29, 0.717) is 42.1 Å². The third kappa shape index (κ3) is 4.35. The van der Waals surface area contributed by atoms with E-state index in [9.17, 15) is 9.59 Å². The fourth-order valence-corrected chi connectivity index (χ4v) is 5.32. The van der Waals surface area contributed by atoms with Crippen LogP contribution in [0.15, 0.2) is 16.5 Å². The Morgan fingerprint density at radius 1 is 1.12 bits per heavy atom. The van der Waals surface area contributed by atoms with Crippen molar-refractivity contribution in [3.8, 4) is 0 Å². The lowest BCUT2D eigenvalue weighted by Gasteiger charge is -2.41. The molecule has 0 spiro atoms. The Morgan fingerprint density at radius 3 is 2.38 bits per heavy atom. The normalized spacial score (nSPS) is 21.8. The number of ketones is 1. The van der Waals surface area contributed by atoms with Crippen LogP contribution in [0.4, 0.5) is 0 Å². The van der Waals surface area contributed by atoms with Gasteiger partial charge in [0.25, 0.3) is 5.91 Å². The summed E-state index contributed by atoms with van der Waals surface area (Å²) in [6, 6.07) is 4.03. The molecule has 1 aliphatic carbocycles. The minimum absolute atomic E-state index is 0.126. The highest BCUT2D eigenvalue weighted by Gasteiger charge is 2.39. The molecule has 2 aromatic heterocycles. The second-order valence-electron chi connectivity index (χ2n) is 12.3. The SMILES string of the molecule is CC1(C)CCC(c2cc(C(C)(C)C)c3oc(C(=O)N4CCC(=O)CC4(C)C)cc3n2)CC1. The number of Topliss-reactive ketones (excluding diaryl/α,β-unsaturated/α-hetero) is 1. The molecule has 2 aromatic rings. The molecule has 174 valence electrons. The van der Waals surface area contributed by atoms with Gasteiger partial charge in [-0.2, -0.15) is 0 Å². The third-order valence-electron chi connectivity index (χ3n) is 7.49.